The monoisotopic (exact) mass is 535 g/mol. The summed E-state index contributed by atoms with van der Waals surface area (Å²) >= 11 is 0. The summed E-state index contributed by atoms with van der Waals surface area (Å²) in [6.07, 6.45) is 16.4. The minimum Gasteiger partial charge on any atom is -0.404 e. The number of aromatic nitrogens is 1. The van der Waals surface area contributed by atoms with E-state index in [0.29, 0.717) is 0 Å². The zero-order chi connectivity index (χ0) is 29.5. The van der Waals surface area contributed by atoms with Crippen LogP contribution in [-0.4, -0.2) is 10.8 Å². The second-order valence-corrected chi connectivity index (χ2v) is 9.75. The van der Waals surface area contributed by atoms with Gasteiger partial charge in [0.1, 0.15) is 0 Å². The molecule has 0 saturated carbocycles. The fourth-order valence-corrected chi connectivity index (χ4v) is 5.29. The van der Waals surface area contributed by atoms with Crippen LogP contribution < -0.4 is 5.73 Å². The number of fused-ring (bicyclic) bond motifs is 1. The zero-order valence-electron chi connectivity index (χ0n) is 24.1. The number of hydrogen-bond donors (Lipinski definition) is 2. The summed E-state index contributed by atoms with van der Waals surface area (Å²) in [5.74, 6) is 0. The highest BCUT2D eigenvalue weighted by atomic mass is 15.0. The molecule has 0 radical (unpaired) electrons. The summed E-state index contributed by atoms with van der Waals surface area (Å²) in [6.45, 7) is 18.4. The number of nitrogens with two attached hydrogens (primary N) is 1. The SMILES string of the molecule is C=C/C=C(\C=N)c1ccc(-c2c(C)c(C)c(/C=C(C=C)/C(/C=C\C)=C/N)n2-c2cccc3ccccc23)c(C=C)c1. The first-order valence-corrected chi connectivity index (χ1v) is 13.6. The lowest BCUT2D eigenvalue weighted by Gasteiger charge is -2.18. The Bertz CT molecular complexity index is 1780. The van der Waals surface area contributed by atoms with Gasteiger partial charge in [0.15, 0.2) is 0 Å². The number of hydrogen-bond acceptors (Lipinski definition) is 2. The van der Waals surface area contributed by atoms with Gasteiger partial charge in [0.2, 0.25) is 0 Å². The Kier molecular flexibility index (Phi) is 9.01. The van der Waals surface area contributed by atoms with Gasteiger partial charge in [-0.05, 0) is 83.3 Å². The van der Waals surface area contributed by atoms with E-state index in [1.807, 2.05) is 37.3 Å². The molecule has 0 saturated heterocycles. The largest absolute Gasteiger partial charge is 0.404 e. The summed E-state index contributed by atoms with van der Waals surface area (Å²) < 4.78 is 2.35. The van der Waals surface area contributed by atoms with Crippen LogP contribution in [0.25, 0.3) is 45.4 Å². The topological polar surface area (TPSA) is 54.8 Å². The molecule has 204 valence electrons. The molecule has 0 bridgehead atoms. The van der Waals surface area contributed by atoms with Crippen molar-refractivity contribution in [2.45, 2.75) is 20.8 Å². The third-order valence-corrected chi connectivity index (χ3v) is 7.46. The first-order chi connectivity index (χ1) is 19.9. The van der Waals surface area contributed by atoms with E-state index in [9.17, 15) is 0 Å². The molecule has 0 spiro atoms. The van der Waals surface area contributed by atoms with Crippen LogP contribution in [0.1, 0.15) is 34.9 Å². The smallest absolute Gasteiger partial charge is 0.0572 e. The van der Waals surface area contributed by atoms with E-state index in [0.717, 1.165) is 61.4 Å². The number of nitrogens with one attached hydrogen (secondary N) is 1. The van der Waals surface area contributed by atoms with Crippen LogP contribution in [0.5, 0.6) is 0 Å². The Balaban J connectivity index is 2.15. The highest BCUT2D eigenvalue weighted by Crippen LogP contribution is 2.40. The zero-order valence-corrected chi connectivity index (χ0v) is 24.1. The van der Waals surface area contributed by atoms with Crippen LogP contribution in [0.4, 0.5) is 0 Å². The van der Waals surface area contributed by atoms with Gasteiger partial charge < -0.3 is 15.7 Å². The quantitative estimate of drug-likeness (QED) is 0.154. The second kappa shape index (κ2) is 12.8. The van der Waals surface area contributed by atoms with Crippen LogP contribution in [0.3, 0.4) is 0 Å². The molecule has 41 heavy (non-hydrogen) atoms. The van der Waals surface area contributed by atoms with Crippen molar-refractivity contribution in [3.05, 3.63) is 156 Å². The highest BCUT2D eigenvalue weighted by molar-refractivity contribution is 6.09. The first-order valence-electron chi connectivity index (χ1n) is 13.6. The molecule has 0 aliphatic carbocycles. The van der Waals surface area contributed by atoms with Gasteiger partial charge in [-0.25, -0.2) is 0 Å². The lowest BCUT2D eigenvalue weighted by Crippen LogP contribution is -2.03. The summed E-state index contributed by atoms with van der Waals surface area (Å²) in [5, 5.41) is 10.2. The average Bonchev–Trinajstić information content (AvgIpc) is 3.25. The molecule has 3 nitrogen and oxygen atoms in total. The van der Waals surface area contributed by atoms with Crippen LogP contribution in [0.15, 0.2) is 128 Å². The Morgan fingerprint density at radius 2 is 1.68 bits per heavy atom. The summed E-state index contributed by atoms with van der Waals surface area (Å²) in [5.41, 5.74) is 17.2. The standard InChI is InChI=1S/C38H37N3/c1-7-14-32(24-39)28(9-3)23-37-26(5)27(6)38(41(37)36-19-13-17-30-16-11-12-18-34(30)36)35-21-20-31(22-29(35)10-4)33(25-40)15-8-2/h7-25,40H,2-4,39H2,1,5-6H3/b14-7-,28-23+,32-24+,33-15+,40-25?. The number of benzene rings is 3. The van der Waals surface area contributed by atoms with E-state index < -0.39 is 0 Å². The number of rotatable bonds is 10. The number of allylic oxidation sites excluding steroid dienone is 8. The minimum absolute atomic E-state index is 0.788. The Hall–Kier alpha value is -5.15. The van der Waals surface area contributed by atoms with E-state index in [1.54, 1.807) is 12.3 Å². The second-order valence-electron chi connectivity index (χ2n) is 9.75. The molecule has 0 aliphatic heterocycles. The van der Waals surface area contributed by atoms with Crippen molar-refractivity contribution in [2.75, 3.05) is 0 Å². The van der Waals surface area contributed by atoms with Crippen LogP contribution in [0, 0.1) is 19.3 Å². The van der Waals surface area contributed by atoms with Crippen molar-refractivity contribution in [1.29, 1.82) is 5.41 Å². The molecule has 0 amide bonds. The molecule has 3 heteroatoms. The fraction of sp³-hybridized carbons (Fsp3) is 0.0789. The van der Waals surface area contributed by atoms with E-state index in [4.69, 9.17) is 11.1 Å². The van der Waals surface area contributed by atoms with Crippen molar-refractivity contribution in [3.8, 4) is 16.9 Å². The Morgan fingerprint density at radius 1 is 0.927 bits per heavy atom. The summed E-state index contributed by atoms with van der Waals surface area (Å²) in [6, 6.07) is 21.1. The van der Waals surface area contributed by atoms with Crippen LogP contribution in [-0.2, 0) is 0 Å². The molecule has 4 aromatic rings. The fourth-order valence-electron chi connectivity index (χ4n) is 5.29. The maximum absolute atomic E-state index is 7.89. The number of nitrogens with zero attached hydrogens (tertiary/aromatic N) is 1. The molecular formula is C38H37N3. The lowest BCUT2D eigenvalue weighted by atomic mass is 9.95. The highest BCUT2D eigenvalue weighted by Gasteiger charge is 2.22. The normalized spacial score (nSPS) is 12.6. The van der Waals surface area contributed by atoms with Gasteiger partial charge in [0.05, 0.1) is 17.1 Å². The molecule has 0 atom stereocenters. The average molecular weight is 536 g/mol. The lowest BCUT2D eigenvalue weighted by molar-refractivity contribution is 1.07. The van der Waals surface area contributed by atoms with E-state index in [1.165, 1.54) is 17.2 Å². The van der Waals surface area contributed by atoms with Gasteiger partial charge in [-0.3, -0.25) is 0 Å². The molecule has 1 aromatic heterocycles. The Labute approximate surface area is 243 Å². The van der Waals surface area contributed by atoms with Crippen molar-refractivity contribution < 1.29 is 0 Å². The molecule has 4 rings (SSSR count). The molecule has 0 unspecified atom stereocenters. The van der Waals surface area contributed by atoms with Crippen molar-refractivity contribution in [2.24, 2.45) is 5.73 Å². The molecular weight excluding hydrogens is 498 g/mol. The van der Waals surface area contributed by atoms with E-state index in [-0.39, 0.29) is 0 Å². The maximum atomic E-state index is 7.89. The predicted molar refractivity (Wildman–Crippen MR) is 180 cm³/mol. The maximum Gasteiger partial charge on any atom is 0.0572 e. The van der Waals surface area contributed by atoms with Gasteiger partial charge in [0.25, 0.3) is 0 Å². The molecule has 0 aliphatic rings. The van der Waals surface area contributed by atoms with Gasteiger partial charge >= 0.3 is 0 Å². The van der Waals surface area contributed by atoms with Crippen molar-refractivity contribution in [1.82, 2.24) is 4.57 Å². The Morgan fingerprint density at radius 3 is 2.34 bits per heavy atom. The summed E-state index contributed by atoms with van der Waals surface area (Å²) in [4.78, 5) is 0. The van der Waals surface area contributed by atoms with Gasteiger partial charge in [-0.1, -0.05) is 105 Å². The summed E-state index contributed by atoms with van der Waals surface area (Å²) in [7, 11) is 0. The van der Waals surface area contributed by atoms with E-state index >= 15 is 0 Å². The van der Waals surface area contributed by atoms with Gasteiger partial charge in [-0.2, -0.15) is 0 Å². The third kappa shape index (κ3) is 5.48. The molecule has 1 heterocycles. The molecule has 0 fully saturated rings. The van der Waals surface area contributed by atoms with Gasteiger partial charge in [0, 0.05) is 23.4 Å². The molecule has 3 N–H and O–H groups in total. The van der Waals surface area contributed by atoms with Gasteiger partial charge in [-0.15, -0.1) is 0 Å². The van der Waals surface area contributed by atoms with Crippen LogP contribution in [0.2, 0.25) is 0 Å². The first kappa shape index (κ1) is 28.8. The molecule has 3 aromatic carbocycles. The van der Waals surface area contributed by atoms with Crippen molar-refractivity contribution in [3.63, 3.8) is 0 Å². The van der Waals surface area contributed by atoms with E-state index in [2.05, 4.69) is 105 Å². The van der Waals surface area contributed by atoms with Crippen molar-refractivity contribution >= 4 is 34.7 Å². The minimum atomic E-state index is 0.788. The predicted octanol–water partition coefficient (Wildman–Crippen LogP) is 9.76. The third-order valence-electron chi connectivity index (χ3n) is 7.46. The van der Waals surface area contributed by atoms with Crippen LogP contribution >= 0.6 is 0 Å².